The Morgan fingerprint density at radius 1 is 0.900 bits per heavy atom. The van der Waals surface area contributed by atoms with Gasteiger partial charge < -0.3 is 30.2 Å². The molecule has 0 bridgehead atoms. The zero-order valence-corrected chi connectivity index (χ0v) is 23.2. The number of carboxylic acids is 2. The number of esters is 2. The molecule has 0 spiro atoms. The molecule has 2 aromatic carbocycles. The Morgan fingerprint density at radius 3 is 1.95 bits per heavy atom. The molecule has 0 aliphatic rings. The molecule has 0 heterocycles. The van der Waals surface area contributed by atoms with Crippen molar-refractivity contribution in [2.45, 2.75) is 45.6 Å². The maximum absolute atomic E-state index is 11.9. The molecule has 40 heavy (non-hydrogen) atoms. The van der Waals surface area contributed by atoms with Crippen LogP contribution in [0.15, 0.2) is 66.7 Å². The highest BCUT2D eigenvalue weighted by Crippen LogP contribution is 2.22. The van der Waals surface area contributed by atoms with Gasteiger partial charge in [-0.15, -0.1) is 0 Å². The van der Waals surface area contributed by atoms with Gasteiger partial charge in [-0.3, -0.25) is 14.5 Å². The molecule has 0 aromatic heterocycles. The van der Waals surface area contributed by atoms with E-state index in [1.807, 2.05) is 49.2 Å². The quantitative estimate of drug-likeness (QED) is 0.230. The first-order valence-corrected chi connectivity index (χ1v) is 12.7. The second-order valence-electron chi connectivity index (χ2n) is 8.53. The fraction of sp³-hybridized carbons (Fsp3) is 0.379. The Hall–Kier alpha value is -4.06. The Bertz CT molecular complexity index is 1110. The molecule has 218 valence electrons. The monoisotopic (exact) mass is 558 g/mol. The number of benzene rings is 2. The number of aliphatic carboxylic acids is 2. The van der Waals surface area contributed by atoms with Gasteiger partial charge in [-0.1, -0.05) is 60.7 Å². The Morgan fingerprint density at radius 2 is 1.45 bits per heavy atom. The number of hydrogen-bond donors (Lipinski definition) is 3. The van der Waals surface area contributed by atoms with E-state index >= 15 is 0 Å². The van der Waals surface area contributed by atoms with Gasteiger partial charge in [0.2, 0.25) is 0 Å². The van der Waals surface area contributed by atoms with Crippen LogP contribution in [0.3, 0.4) is 0 Å². The third kappa shape index (κ3) is 12.2. The highest BCUT2D eigenvalue weighted by atomic mass is 16.5. The summed E-state index contributed by atoms with van der Waals surface area (Å²) in [6.45, 7) is 6.31. The smallest absolute Gasteiger partial charge is 0.335 e. The molecule has 0 aliphatic heterocycles. The Labute approximate surface area is 234 Å². The minimum atomic E-state index is -1.59. The zero-order chi connectivity index (χ0) is 30.1. The first kappa shape index (κ1) is 34.0. The van der Waals surface area contributed by atoms with E-state index in [9.17, 15) is 19.2 Å². The number of carbonyl (C=O) groups is 4. The van der Waals surface area contributed by atoms with Crippen LogP contribution in [0, 0.1) is 0 Å². The summed E-state index contributed by atoms with van der Waals surface area (Å²) in [6.07, 6.45) is -0.0711. The lowest BCUT2D eigenvalue weighted by atomic mass is 9.98. The molecule has 0 aliphatic carbocycles. The molecule has 2 aromatic rings. The normalized spacial score (nSPS) is 13.3. The van der Waals surface area contributed by atoms with Crippen molar-refractivity contribution in [3.8, 4) is 0 Å². The van der Waals surface area contributed by atoms with Crippen molar-refractivity contribution < 1.29 is 43.6 Å². The molecule has 1 unspecified atom stereocenters. The lowest BCUT2D eigenvalue weighted by molar-refractivity contribution is -0.159. The lowest BCUT2D eigenvalue weighted by Crippen LogP contribution is -2.47. The number of carboxylic acid groups (broad SMARTS) is 2. The molecular formula is C29H38N2O9. The number of hydrogen-bond acceptors (Lipinski definition) is 9. The minimum absolute atomic E-state index is 0.00120. The van der Waals surface area contributed by atoms with E-state index in [2.05, 4.69) is 0 Å². The van der Waals surface area contributed by atoms with Crippen LogP contribution in [-0.4, -0.2) is 84.0 Å². The van der Waals surface area contributed by atoms with Crippen LogP contribution in [0.4, 0.5) is 0 Å². The van der Waals surface area contributed by atoms with Gasteiger partial charge in [0, 0.05) is 12.1 Å². The van der Waals surface area contributed by atoms with Gasteiger partial charge >= 0.3 is 23.9 Å². The van der Waals surface area contributed by atoms with Gasteiger partial charge in [-0.05, 0) is 44.5 Å². The van der Waals surface area contributed by atoms with Crippen LogP contribution >= 0.6 is 0 Å². The molecule has 0 radical (unpaired) electrons. The summed E-state index contributed by atoms with van der Waals surface area (Å²) in [6, 6.07) is 16.7. The van der Waals surface area contributed by atoms with Crippen LogP contribution in [0.1, 0.15) is 31.9 Å². The van der Waals surface area contributed by atoms with E-state index in [0.29, 0.717) is 13.2 Å². The fourth-order valence-corrected chi connectivity index (χ4v) is 3.39. The SMILES string of the molecule is CCOC(=O)/C=C(/c1ccccc1)C(C)N(C)CC(=O)OCC.N[C@H](C(=O)O)[C@H](OCc1ccccc1)C(=O)O. The van der Waals surface area contributed by atoms with E-state index in [-0.39, 0.29) is 31.1 Å². The molecule has 0 fully saturated rings. The average Bonchev–Trinajstić information content (AvgIpc) is 2.92. The first-order chi connectivity index (χ1) is 19.0. The number of nitrogens with zero attached hydrogens (tertiary/aromatic N) is 1. The topological polar surface area (TPSA) is 166 Å². The first-order valence-electron chi connectivity index (χ1n) is 12.7. The predicted molar refractivity (Wildman–Crippen MR) is 148 cm³/mol. The summed E-state index contributed by atoms with van der Waals surface area (Å²) in [5.41, 5.74) is 7.69. The van der Waals surface area contributed by atoms with Crippen molar-refractivity contribution >= 4 is 29.5 Å². The van der Waals surface area contributed by atoms with Gasteiger partial charge in [-0.25, -0.2) is 9.59 Å². The lowest BCUT2D eigenvalue weighted by Gasteiger charge is -2.26. The van der Waals surface area contributed by atoms with Crippen LogP contribution in [0.2, 0.25) is 0 Å². The van der Waals surface area contributed by atoms with Crippen LogP contribution in [0.5, 0.6) is 0 Å². The van der Waals surface area contributed by atoms with Crippen LogP contribution in [-0.2, 0) is 40.0 Å². The summed E-state index contributed by atoms with van der Waals surface area (Å²) in [7, 11) is 1.82. The summed E-state index contributed by atoms with van der Waals surface area (Å²) in [4.78, 5) is 46.8. The molecule has 3 atom stereocenters. The zero-order valence-electron chi connectivity index (χ0n) is 23.2. The van der Waals surface area contributed by atoms with Crippen molar-refractivity contribution in [3.05, 3.63) is 77.9 Å². The summed E-state index contributed by atoms with van der Waals surface area (Å²) >= 11 is 0. The van der Waals surface area contributed by atoms with Gasteiger partial charge in [0.1, 0.15) is 6.04 Å². The van der Waals surface area contributed by atoms with E-state index < -0.39 is 24.1 Å². The van der Waals surface area contributed by atoms with Crippen molar-refractivity contribution in [1.29, 1.82) is 0 Å². The summed E-state index contributed by atoms with van der Waals surface area (Å²) < 4.78 is 15.0. The molecule has 4 N–H and O–H groups in total. The third-order valence-electron chi connectivity index (χ3n) is 5.59. The van der Waals surface area contributed by atoms with Crippen molar-refractivity contribution in [1.82, 2.24) is 4.90 Å². The second kappa shape index (κ2) is 18.3. The number of carbonyl (C=O) groups excluding carboxylic acids is 2. The highest BCUT2D eigenvalue weighted by Gasteiger charge is 2.31. The molecular weight excluding hydrogens is 520 g/mol. The maximum atomic E-state index is 11.9. The number of likely N-dealkylation sites (N-methyl/N-ethyl adjacent to an activating group) is 1. The van der Waals surface area contributed by atoms with E-state index in [0.717, 1.165) is 16.7 Å². The Kier molecular flexibility index (Phi) is 15.5. The molecule has 0 saturated carbocycles. The van der Waals surface area contributed by atoms with Gasteiger partial charge in [-0.2, -0.15) is 0 Å². The minimum Gasteiger partial charge on any atom is -0.480 e. The second-order valence-corrected chi connectivity index (χ2v) is 8.53. The van der Waals surface area contributed by atoms with Gasteiger partial charge in [0.25, 0.3) is 0 Å². The fourth-order valence-electron chi connectivity index (χ4n) is 3.39. The highest BCUT2D eigenvalue weighted by molar-refractivity contribution is 5.92. The van der Waals surface area contributed by atoms with Crippen molar-refractivity contribution in [2.75, 3.05) is 26.8 Å². The standard InChI is InChI=1S/C18H25NO4.C11H13NO5/c1-5-22-17(20)12-16(15-10-8-7-9-11-15)14(3)19(4)13-18(21)23-6-2;12-8(10(13)14)9(11(15)16)17-6-7-4-2-1-3-5-7/h7-12,14H,5-6,13H2,1-4H3;1-5,8-9H,6,12H2,(H,13,14)(H,15,16)/b16-12+;/t;8-,9-/m.0/s1. The van der Waals surface area contributed by atoms with E-state index in [1.165, 1.54) is 6.08 Å². The largest absolute Gasteiger partial charge is 0.480 e. The van der Waals surface area contributed by atoms with Gasteiger partial charge in [0.15, 0.2) is 6.10 Å². The third-order valence-corrected chi connectivity index (χ3v) is 5.59. The Balaban J connectivity index is 0.000000418. The molecule has 0 saturated heterocycles. The summed E-state index contributed by atoms with van der Waals surface area (Å²) in [5.74, 6) is -3.48. The molecule has 11 nitrogen and oxygen atoms in total. The van der Waals surface area contributed by atoms with Crippen molar-refractivity contribution in [3.63, 3.8) is 0 Å². The average molecular weight is 559 g/mol. The predicted octanol–water partition coefficient (Wildman–Crippen LogP) is 2.58. The maximum Gasteiger partial charge on any atom is 0.335 e. The van der Waals surface area contributed by atoms with Crippen molar-refractivity contribution in [2.24, 2.45) is 5.73 Å². The molecule has 0 amide bonds. The molecule has 2 rings (SSSR count). The van der Waals surface area contributed by atoms with E-state index in [1.54, 1.807) is 44.2 Å². The van der Waals surface area contributed by atoms with E-state index in [4.69, 9.17) is 30.2 Å². The number of nitrogens with two attached hydrogens (primary N) is 1. The van der Waals surface area contributed by atoms with Gasteiger partial charge in [0.05, 0.1) is 26.4 Å². The summed E-state index contributed by atoms with van der Waals surface area (Å²) in [5, 5.41) is 17.4. The van der Waals surface area contributed by atoms with Crippen LogP contribution in [0.25, 0.3) is 5.57 Å². The number of rotatable bonds is 14. The molecule has 11 heteroatoms. The number of ether oxygens (including phenoxy) is 3. The van der Waals surface area contributed by atoms with Crippen LogP contribution < -0.4 is 5.73 Å².